The molecule has 0 amide bonds. The van der Waals surface area contributed by atoms with Crippen LogP contribution >= 0.6 is 22.6 Å². The minimum atomic E-state index is 0.936. The molecule has 6 rings (SSSR count). The van der Waals surface area contributed by atoms with Gasteiger partial charge in [-0.1, -0.05) is 42.5 Å². The molecule has 0 aliphatic heterocycles. The van der Waals surface area contributed by atoms with Crippen LogP contribution in [0.2, 0.25) is 0 Å². The van der Waals surface area contributed by atoms with Gasteiger partial charge in [-0.3, -0.25) is 0 Å². The molecule has 0 fully saturated rings. The molecule has 0 saturated carbocycles. The molecule has 0 radical (unpaired) electrons. The van der Waals surface area contributed by atoms with Crippen molar-refractivity contribution in [3.05, 3.63) is 88.5 Å². The zero-order chi connectivity index (χ0) is 18.0. The Kier molecular flexibility index (Phi) is 3.17. The van der Waals surface area contributed by atoms with Crippen molar-refractivity contribution in [1.82, 2.24) is 4.57 Å². The first-order chi connectivity index (χ1) is 13.3. The molecule has 0 N–H and O–H groups in total. The molecule has 2 heterocycles. The SMILES string of the molecule is Ic1cccc(-n2c3ccccc3c3c4c(ccc32)oc2ccccc24)c1. The lowest BCUT2D eigenvalue weighted by molar-refractivity contribution is 0.669. The Hall–Kier alpha value is -2.79. The lowest BCUT2D eigenvalue weighted by Gasteiger charge is -2.08. The van der Waals surface area contributed by atoms with Crippen molar-refractivity contribution >= 4 is 66.3 Å². The van der Waals surface area contributed by atoms with Gasteiger partial charge in [0.2, 0.25) is 0 Å². The summed E-state index contributed by atoms with van der Waals surface area (Å²) in [6.45, 7) is 0. The standard InChI is InChI=1S/C24H14INO/c25-15-6-5-7-16(14-15)26-19-10-3-1-8-17(19)23-20(26)12-13-22-24(23)18-9-2-4-11-21(18)27-22/h1-14H. The van der Waals surface area contributed by atoms with Crippen molar-refractivity contribution in [3.8, 4) is 5.69 Å². The average molecular weight is 459 g/mol. The van der Waals surface area contributed by atoms with Crippen molar-refractivity contribution in [2.75, 3.05) is 0 Å². The van der Waals surface area contributed by atoms with Crippen LogP contribution in [0, 0.1) is 3.57 Å². The Morgan fingerprint density at radius 3 is 2.33 bits per heavy atom. The number of benzene rings is 4. The third kappa shape index (κ3) is 2.12. The van der Waals surface area contributed by atoms with Crippen LogP contribution in [-0.4, -0.2) is 4.57 Å². The third-order valence-electron chi connectivity index (χ3n) is 5.24. The summed E-state index contributed by atoms with van der Waals surface area (Å²) in [4.78, 5) is 0. The lowest BCUT2D eigenvalue weighted by Crippen LogP contribution is -1.93. The van der Waals surface area contributed by atoms with Crippen molar-refractivity contribution in [1.29, 1.82) is 0 Å². The topological polar surface area (TPSA) is 18.1 Å². The van der Waals surface area contributed by atoms with Gasteiger partial charge in [-0.2, -0.15) is 0 Å². The predicted molar refractivity (Wildman–Crippen MR) is 121 cm³/mol. The fourth-order valence-corrected chi connectivity index (χ4v) is 4.69. The summed E-state index contributed by atoms with van der Waals surface area (Å²) < 4.78 is 9.72. The monoisotopic (exact) mass is 459 g/mol. The molecular formula is C24H14INO. The second-order valence-electron chi connectivity index (χ2n) is 6.76. The molecule has 4 aromatic carbocycles. The molecule has 0 atom stereocenters. The summed E-state index contributed by atoms with van der Waals surface area (Å²) in [5.41, 5.74) is 5.48. The molecule has 0 aliphatic rings. The minimum Gasteiger partial charge on any atom is -0.456 e. The summed E-state index contributed by atoms with van der Waals surface area (Å²) in [5.74, 6) is 0. The normalized spacial score (nSPS) is 11.9. The molecule has 6 aromatic rings. The van der Waals surface area contributed by atoms with Crippen LogP contribution in [0.25, 0.3) is 49.4 Å². The molecular weight excluding hydrogens is 445 g/mol. The van der Waals surface area contributed by atoms with Gasteiger partial charge in [-0.05, 0) is 65.1 Å². The van der Waals surface area contributed by atoms with Crippen molar-refractivity contribution in [2.45, 2.75) is 0 Å². The van der Waals surface area contributed by atoms with Gasteiger partial charge >= 0.3 is 0 Å². The lowest BCUT2D eigenvalue weighted by atomic mass is 10.1. The van der Waals surface area contributed by atoms with Gasteiger partial charge in [0, 0.05) is 30.8 Å². The fraction of sp³-hybridized carbons (Fsp3) is 0. The van der Waals surface area contributed by atoms with Gasteiger partial charge in [0.1, 0.15) is 11.2 Å². The second kappa shape index (κ2) is 5.60. The Balaban J connectivity index is 1.90. The molecule has 0 aliphatic carbocycles. The van der Waals surface area contributed by atoms with E-state index in [4.69, 9.17) is 4.42 Å². The number of rotatable bonds is 1. The highest BCUT2D eigenvalue weighted by molar-refractivity contribution is 14.1. The first-order valence-corrected chi connectivity index (χ1v) is 9.98. The molecule has 2 nitrogen and oxygen atoms in total. The van der Waals surface area contributed by atoms with Crippen molar-refractivity contribution < 1.29 is 4.42 Å². The van der Waals surface area contributed by atoms with E-state index in [-0.39, 0.29) is 0 Å². The zero-order valence-corrected chi connectivity index (χ0v) is 16.5. The Morgan fingerprint density at radius 1 is 0.630 bits per heavy atom. The van der Waals surface area contributed by atoms with E-state index in [0.29, 0.717) is 0 Å². The zero-order valence-electron chi connectivity index (χ0n) is 14.3. The Labute approximate surface area is 169 Å². The maximum atomic E-state index is 6.13. The largest absolute Gasteiger partial charge is 0.456 e. The number of hydrogen-bond donors (Lipinski definition) is 0. The molecule has 3 heteroatoms. The maximum Gasteiger partial charge on any atom is 0.136 e. The predicted octanol–water partition coefficient (Wildman–Crippen LogP) is 7.29. The van der Waals surface area contributed by atoms with Crippen molar-refractivity contribution in [2.24, 2.45) is 0 Å². The Morgan fingerprint density at radius 2 is 1.44 bits per heavy atom. The van der Waals surface area contributed by atoms with Crippen LogP contribution in [0.15, 0.2) is 89.3 Å². The highest BCUT2D eigenvalue weighted by Gasteiger charge is 2.18. The minimum absolute atomic E-state index is 0.936. The van der Waals surface area contributed by atoms with Crippen LogP contribution in [0.3, 0.4) is 0 Å². The molecule has 27 heavy (non-hydrogen) atoms. The number of para-hydroxylation sites is 2. The molecule has 0 saturated heterocycles. The number of hydrogen-bond acceptors (Lipinski definition) is 1. The summed E-state index contributed by atoms with van der Waals surface area (Å²) >= 11 is 2.37. The number of fused-ring (bicyclic) bond motifs is 7. The van der Waals surface area contributed by atoms with Gasteiger partial charge in [-0.15, -0.1) is 0 Å². The number of halogens is 1. The fourth-order valence-electron chi connectivity index (χ4n) is 4.17. The van der Waals surface area contributed by atoms with Gasteiger partial charge in [0.05, 0.1) is 11.0 Å². The molecule has 0 spiro atoms. The number of nitrogens with zero attached hydrogens (tertiary/aromatic N) is 1. The molecule has 0 unspecified atom stereocenters. The highest BCUT2D eigenvalue weighted by Crippen LogP contribution is 2.40. The first kappa shape index (κ1) is 15.3. The van der Waals surface area contributed by atoms with Crippen LogP contribution in [0.1, 0.15) is 0 Å². The van der Waals surface area contributed by atoms with E-state index in [9.17, 15) is 0 Å². The van der Waals surface area contributed by atoms with Crippen LogP contribution < -0.4 is 0 Å². The summed E-state index contributed by atoms with van der Waals surface area (Å²) in [6.07, 6.45) is 0. The summed E-state index contributed by atoms with van der Waals surface area (Å²) in [5, 5.41) is 4.88. The molecule has 2 aromatic heterocycles. The first-order valence-electron chi connectivity index (χ1n) is 8.90. The quantitative estimate of drug-likeness (QED) is 0.236. The van der Waals surface area contributed by atoms with E-state index in [0.717, 1.165) is 11.2 Å². The summed E-state index contributed by atoms with van der Waals surface area (Å²) in [7, 11) is 0. The number of furan rings is 1. The van der Waals surface area contributed by atoms with Crippen molar-refractivity contribution in [3.63, 3.8) is 0 Å². The van der Waals surface area contributed by atoms with Crippen LogP contribution in [0.4, 0.5) is 0 Å². The van der Waals surface area contributed by atoms with E-state index >= 15 is 0 Å². The van der Waals surface area contributed by atoms with E-state index in [2.05, 4.69) is 100.0 Å². The summed E-state index contributed by atoms with van der Waals surface area (Å²) in [6, 6.07) is 29.8. The van der Waals surface area contributed by atoms with E-state index in [1.165, 1.54) is 41.8 Å². The van der Waals surface area contributed by atoms with E-state index < -0.39 is 0 Å². The van der Waals surface area contributed by atoms with Gasteiger partial charge in [0.15, 0.2) is 0 Å². The van der Waals surface area contributed by atoms with Gasteiger partial charge < -0.3 is 8.98 Å². The second-order valence-corrected chi connectivity index (χ2v) is 8.01. The van der Waals surface area contributed by atoms with E-state index in [1.807, 2.05) is 12.1 Å². The Bertz CT molecular complexity index is 1490. The van der Waals surface area contributed by atoms with Crippen LogP contribution in [-0.2, 0) is 0 Å². The maximum absolute atomic E-state index is 6.13. The third-order valence-corrected chi connectivity index (χ3v) is 5.91. The van der Waals surface area contributed by atoms with Gasteiger partial charge in [0.25, 0.3) is 0 Å². The smallest absolute Gasteiger partial charge is 0.136 e. The average Bonchev–Trinajstić information content (AvgIpc) is 3.23. The highest BCUT2D eigenvalue weighted by atomic mass is 127. The number of aromatic nitrogens is 1. The van der Waals surface area contributed by atoms with Gasteiger partial charge in [-0.25, -0.2) is 0 Å². The molecule has 128 valence electrons. The van der Waals surface area contributed by atoms with E-state index in [1.54, 1.807) is 0 Å². The van der Waals surface area contributed by atoms with Crippen LogP contribution in [0.5, 0.6) is 0 Å². The molecule has 0 bridgehead atoms.